The Hall–Kier alpha value is -1.35. The number of aryl methyl sites for hydroxylation is 1. The zero-order valence-electron chi connectivity index (χ0n) is 11.0. The molecule has 0 aliphatic rings. The zero-order valence-corrected chi connectivity index (χ0v) is 11.0. The van der Waals surface area contributed by atoms with Gasteiger partial charge in [-0.3, -0.25) is 10.1 Å². The Morgan fingerprint density at radius 1 is 1.29 bits per heavy atom. The van der Waals surface area contributed by atoms with Crippen molar-refractivity contribution < 1.29 is 4.79 Å². The van der Waals surface area contributed by atoms with E-state index >= 15 is 0 Å². The topological polar surface area (TPSA) is 55.1 Å². The molecule has 94 valence electrons. The van der Waals surface area contributed by atoms with E-state index in [9.17, 15) is 4.79 Å². The van der Waals surface area contributed by atoms with Crippen LogP contribution in [0.15, 0.2) is 24.3 Å². The second-order valence-corrected chi connectivity index (χ2v) is 4.93. The van der Waals surface area contributed by atoms with Crippen molar-refractivity contribution in [1.29, 1.82) is 0 Å². The van der Waals surface area contributed by atoms with Gasteiger partial charge in [-0.05, 0) is 25.3 Å². The van der Waals surface area contributed by atoms with Crippen molar-refractivity contribution in [2.45, 2.75) is 39.8 Å². The summed E-state index contributed by atoms with van der Waals surface area (Å²) in [7, 11) is 0. The first-order valence-electron chi connectivity index (χ1n) is 6.03. The Labute approximate surface area is 103 Å². The molecule has 1 aromatic rings. The lowest BCUT2D eigenvalue weighted by Gasteiger charge is -2.24. The lowest BCUT2D eigenvalue weighted by molar-refractivity contribution is -0.121. The van der Waals surface area contributed by atoms with Gasteiger partial charge in [0.1, 0.15) is 0 Å². The lowest BCUT2D eigenvalue weighted by Crippen LogP contribution is -2.45. The van der Waals surface area contributed by atoms with Crippen molar-refractivity contribution >= 4 is 5.91 Å². The van der Waals surface area contributed by atoms with Gasteiger partial charge in [0.2, 0.25) is 5.91 Å². The second kappa shape index (κ2) is 5.82. The van der Waals surface area contributed by atoms with Crippen molar-refractivity contribution in [2.75, 3.05) is 0 Å². The summed E-state index contributed by atoms with van der Waals surface area (Å²) in [6.07, 6.45) is 0. The van der Waals surface area contributed by atoms with Gasteiger partial charge in [0.05, 0.1) is 6.04 Å². The Bertz CT molecular complexity index is 388. The molecule has 2 atom stereocenters. The predicted octanol–water partition coefficient (Wildman–Crippen LogP) is 2.16. The maximum atomic E-state index is 11.3. The highest BCUT2D eigenvalue weighted by Gasteiger charge is 2.21. The molecular formula is C14H22N2O. The Morgan fingerprint density at radius 3 is 2.41 bits per heavy atom. The molecule has 0 aromatic heterocycles. The summed E-state index contributed by atoms with van der Waals surface area (Å²) in [6, 6.07) is 8.10. The molecule has 1 aromatic carbocycles. The summed E-state index contributed by atoms with van der Waals surface area (Å²) >= 11 is 0. The van der Waals surface area contributed by atoms with Crippen LogP contribution in [0.2, 0.25) is 0 Å². The largest absolute Gasteiger partial charge is 0.368 e. The van der Waals surface area contributed by atoms with Crippen LogP contribution in [-0.2, 0) is 4.79 Å². The fourth-order valence-corrected chi connectivity index (χ4v) is 1.91. The molecule has 0 heterocycles. The zero-order chi connectivity index (χ0) is 13.0. The van der Waals surface area contributed by atoms with E-state index in [4.69, 9.17) is 5.73 Å². The van der Waals surface area contributed by atoms with Crippen LogP contribution in [0, 0.1) is 12.8 Å². The molecule has 0 spiro atoms. The van der Waals surface area contributed by atoms with Gasteiger partial charge in [-0.15, -0.1) is 0 Å². The van der Waals surface area contributed by atoms with Crippen LogP contribution >= 0.6 is 0 Å². The van der Waals surface area contributed by atoms with Gasteiger partial charge < -0.3 is 5.73 Å². The Kier molecular flexibility index (Phi) is 4.70. The maximum absolute atomic E-state index is 11.3. The number of benzene rings is 1. The smallest absolute Gasteiger partial charge is 0.234 e. The number of hydrogen-bond acceptors (Lipinski definition) is 2. The molecule has 1 rings (SSSR count). The minimum Gasteiger partial charge on any atom is -0.368 e. The third-order valence-electron chi connectivity index (χ3n) is 2.94. The molecular weight excluding hydrogens is 212 g/mol. The van der Waals surface area contributed by atoms with E-state index in [1.807, 2.05) is 26.8 Å². The summed E-state index contributed by atoms with van der Waals surface area (Å²) < 4.78 is 0. The number of nitrogens with two attached hydrogens (primary N) is 1. The van der Waals surface area contributed by atoms with E-state index in [0.717, 1.165) is 0 Å². The number of amides is 1. The van der Waals surface area contributed by atoms with Crippen LogP contribution in [-0.4, -0.2) is 11.9 Å². The van der Waals surface area contributed by atoms with Crippen LogP contribution in [0.1, 0.15) is 37.9 Å². The normalized spacial score (nSPS) is 14.6. The third-order valence-corrected chi connectivity index (χ3v) is 2.94. The first kappa shape index (κ1) is 13.7. The van der Waals surface area contributed by atoms with Crippen molar-refractivity contribution in [2.24, 2.45) is 11.7 Å². The van der Waals surface area contributed by atoms with E-state index in [1.54, 1.807) is 0 Å². The second-order valence-electron chi connectivity index (χ2n) is 4.93. The summed E-state index contributed by atoms with van der Waals surface area (Å²) in [4.78, 5) is 11.3. The van der Waals surface area contributed by atoms with Gasteiger partial charge in [0.15, 0.2) is 0 Å². The summed E-state index contributed by atoms with van der Waals surface area (Å²) in [5, 5.41) is 3.28. The van der Waals surface area contributed by atoms with Gasteiger partial charge in [0.25, 0.3) is 0 Å². The van der Waals surface area contributed by atoms with Gasteiger partial charge in [-0.25, -0.2) is 0 Å². The quantitative estimate of drug-likeness (QED) is 0.820. The molecule has 0 bridgehead atoms. The van der Waals surface area contributed by atoms with Gasteiger partial charge in [-0.1, -0.05) is 43.7 Å². The van der Waals surface area contributed by atoms with Crippen LogP contribution < -0.4 is 11.1 Å². The lowest BCUT2D eigenvalue weighted by atomic mass is 10.00. The first-order valence-corrected chi connectivity index (χ1v) is 6.03. The minimum absolute atomic E-state index is 0.120. The summed E-state index contributed by atoms with van der Waals surface area (Å²) in [5.74, 6) is -0.0979. The number of nitrogens with one attached hydrogen (secondary N) is 1. The monoisotopic (exact) mass is 234 g/mol. The molecule has 0 saturated carbocycles. The van der Waals surface area contributed by atoms with Crippen LogP contribution in [0.5, 0.6) is 0 Å². The molecule has 0 fully saturated rings. The molecule has 17 heavy (non-hydrogen) atoms. The maximum Gasteiger partial charge on any atom is 0.234 e. The summed E-state index contributed by atoms with van der Waals surface area (Å²) in [6.45, 7) is 8.09. The number of hydrogen-bond donors (Lipinski definition) is 2. The molecule has 0 aliphatic heterocycles. The number of primary amides is 1. The molecule has 0 aliphatic carbocycles. The summed E-state index contributed by atoms with van der Waals surface area (Å²) in [5.41, 5.74) is 7.79. The van der Waals surface area contributed by atoms with Crippen LogP contribution in [0.3, 0.4) is 0 Å². The number of rotatable bonds is 5. The highest BCUT2D eigenvalue weighted by atomic mass is 16.1. The molecule has 3 N–H and O–H groups in total. The van der Waals surface area contributed by atoms with E-state index in [-0.39, 0.29) is 23.9 Å². The van der Waals surface area contributed by atoms with E-state index in [0.29, 0.717) is 0 Å². The predicted molar refractivity (Wildman–Crippen MR) is 70.6 cm³/mol. The molecule has 3 heteroatoms. The average Bonchev–Trinajstić information content (AvgIpc) is 2.24. The first-order chi connectivity index (χ1) is 7.91. The fourth-order valence-electron chi connectivity index (χ4n) is 1.91. The Morgan fingerprint density at radius 2 is 1.94 bits per heavy atom. The van der Waals surface area contributed by atoms with Gasteiger partial charge >= 0.3 is 0 Å². The van der Waals surface area contributed by atoms with E-state index in [2.05, 4.69) is 30.4 Å². The minimum atomic E-state index is -0.292. The third kappa shape index (κ3) is 3.86. The van der Waals surface area contributed by atoms with Crippen molar-refractivity contribution in [3.05, 3.63) is 35.4 Å². The Balaban J connectivity index is 2.77. The van der Waals surface area contributed by atoms with E-state index < -0.39 is 0 Å². The standard InChI is InChI=1S/C14H22N2O/c1-9(2)13(14(15)17)16-11(4)12-7-5-6-10(3)8-12/h5-9,11,13,16H,1-4H3,(H2,15,17). The molecule has 3 nitrogen and oxygen atoms in total. The molecule has 1 amide bonds. The van der Waals surface area contributed by atoms with Gasteiger partial charge in [0, 0.05) is 6.04 Å². The fraction of sp³-hybridized carbons (Fsp3) is 0.500. The highest BCUT2D eigenvalue weighted by molar-refractivity contribution is 5.80. The average molecular weight is 234 g/mol. The number of carbonyl (C=O) groups is 1. The van der Waals surface area contributed by atoms with Crippen LogP contribution in [0.4, 0.5) is 0 Å². The van der Waals surface area contributed by atoms with Crippen molar-refractivity contribution in [3.63, 3.8) is 0 Å². The molecule has 0 radical (unpaired) electrons. The SMILES string of the molecule is Cc1cccc(C(C)NC(C(N)=O)C(C)C)c1. The number of carbonyl (C=O) groups excluding carboxylic acids is 1. The molecule has 2 unspecified atom stereocenters. The molecule has 0 saturated heterocycles. The van der Waals surface area contributed by atoms with Gasteiger partial charge in [-0.2, -0.15) is 0 Å². The van der Waals surface area contributed by atoms with Crippen LogP contribution in [0.25, 0.3) is 0 Å². The van der Waals surface area contributed by atoms with Crippen molar-refractivity contribution in [1.82, 2.24) is 5.32 Å². The van der Waals surface area contributed by atoms with Crippen molar-refractivity contribution in [3.8, 4) is 0 Å². The highest BCUT2D eigenvalue weighted by Crippen LogP contribution is 2.16. The van der Waals surface area contributed by atoms with E-state index in [1.165, 1.54) is 11.1 Å².